The largest absolute Gasteiger partial charge is 0.384 e. The van der Waals surface area contributed by atoms with Crippen LogP contribution in [0.5, 0.6) is 0 Å². The second-order valence-corrected chi connectivity index (χ2v) is 4.67. The van der Waals surface area contributed by atoms with Crippen molar-refractivity contribution in [3.63, 3.8) is 0 Å². The molecule has 4 heteroatoms. The molecular weight excluding hydrogens is 188 g/mol. The highest BCUT2D eigenvalue weighted by Gasteiger charge is 2.25. The van der Waals surface area contributed by atoms with E-state index >= 15 is 0 Å². The van der Waals surface area contributed by atoms with E-state index in [1.165, 1.54) is 0 Å². The molecule has 1 fully saturated rings. The van der Waals surface area contributed by atoms with Crippen LogP contribution in [-0.4, -0.2) is 30.2 Å². The topological polar surface area (TPSA) is 54.2 Å². The summed E-state index contributed by atoms with van der Waals surface area (Å²) >= 11 is 0. The second-order valence-electron chi connectivity index (χ2n) is 4.67. The molecule has 0 aromatic carbocycles. The third-order valence-corrected chi connectivity index (χ3v) is 2.71. The monoisotopic (exact) mass is 206 g/mol. The molecule has 1 aliphatic heterocycles. The van der Waals surface area contributed by atoms with Gasteiger partial charge < -0.3 is 16.0 Å². The Balaban J connectivity index is 2.13. The number of nitrogens with two attached hydrogens (primary N) is 1. The summed E-state index contributed by atoms with van der Waals surface area (Å²) in [5, 5.41) is 3.48. The van der Waals surface area contributed by atoms with E-state index in [-0.39, 0.29) is 5.54 Å². The Morgan fingerprint density at radius 2 is 2.27 bits per heavy atom. The molecule has 1 saturated heterocycles. The number of piperazine rings is 1. The number of hydrogen-bond donors (Lipinski definition) is 2. The zero-order chi connectivity index (χ0) is 10.9. The molecule has 0 radical (unpaired) electrons. The van der Waals surface area contributed by atoms with Crippen molar-refractivity contribution in [3.8, 4) is 0 Å². The molecule has 0 bridgehead atoms. The third kappa shape index (κ3) is 2.39. The maximum absolute atomic E-state index is 5.57. The molecular formula is C11H18N4. The SMILES string of the molecule is CC1(C)CN(c2ccc(N)nc2)CCN1. The number of anilines is 2. The lowest BCUT2D eigenvalue weighted by atomic mass is 10.0. The van der Waals surface area contributed by atoms with Gasteiger partial charge in [-0.25, -0.2) is 4.98 Å². The molecule has 15 heavy (non-hydrogen) atoms. The number of nitrogen functional groups attached to an aromatic ring is 1. The van der Waals surface area contributed by atoms with Gasteiger partial charge in [-0.1, -0.05) is 0 Å². The molecule has 0 unspecified atom stereocenters. The first-order chi connectivity index (χ1) is 7.07. The van der Waals surface area contributed by atoms with Crippen LogP contribution in [0.4, 0.5) is 11.5 Å². The average Bonchev–Trinajstić information content (AvgIpc) is 2.17. The van der Waals surface area contributed by atoms with E-state index in [0.29, 0.717) is 5.82 Å². The Hall–Kier alpha value is -1.29. The Kier molecular flexibility index (Phi) is 2.52. The van der Waals surface area contributed by atoms with Crippen molar-refractivity contribution < 1.29 is 0 Å². The Labute approximate surface area is 90.5 Å². The van der Waals surface area contributed by atoms with Crippen molar-refractivity contribution in [3.05, 3.63) is 18.3 Å². The highest BCUT2D eigenvalue weighted by atomic mass is 15.2. The molecule has 0 aliphatic carbocycles. The average molecular weight is 206 g/mol. The highest BCUT2D eigenvalue weighted by molar-refractivity contribution is 5.48. The first-order valence-corrected chi connectivity index (χ1v) is 5.28. The Morgan fingerprint density at radius 3 is 2.87 bits per heavy atom. The quantitative estimate of drug-likeness (QED) is 0.715. The fourth-order valence-corrected chi connectivity index (χ4v) is 1.95. The molecule has 0 saturated carbocycles. The standard InChI is InChI=1S/C11H18N4/c1-11(2)8-15(6-5-14-11)9-3-4-10(12)13-7-9/h3-4,7,14H,5-6,8H2,1-2H3,(H2,12,13). The summed E-state index contributed by atoms with van der Waals surface area (Å²) in [6.45, 7) is 7.46. The number of rotatable bonds is 1. The van der Waals surface area contributed by atoms with E-state index in [1.807, 2.05) is 18.3 Å². The summed E-state index contributed by atoms with van der Waals surface area (Å²) in [5.41, 5.74) is 6.89. The van der Waals surface area contributed by atoms with E-state index in [1.54, 1.807) is 0 Å². The molecule has 4 nitrogen and oxygen atoms in total. The van der Waals surface area contributed by atoms with Gasteiger partial charge in [0, 0.05) is 25.2 Å². The second kappa shape index (κ2) is 3.70. The molecule has 3 N–H and O–H groups in total. The van der Waals surface area contributed by atoms with Crippen LogP contribution in [-0.2, 0) is 0 Å². The minimum atomic E-state index is 0.166. The molecule has 1 aliphatic rings. The van der Waals surface area contributed by atoms with Crippen LogP contribution in [0.3, 0.4) is 0 Å². The molecule has 0 amide bonds. The van der Waals surface area contributed by atoms with Crippen molar-refractivity contribution in [1.82, 2.24) is 10.3 Å². The highest BCUT2D eigenvalue weighted by Crippen LogP contribution is 2.19. The smallest absolute Gasteiger partial charge is 0.123 e. The Morgan fingerprint density at radius 1 is 1.47 bits per heavy atom. The zero-order valence-electron chi connectivity index (χ0n) is 9.33. The minimum Gasteiger partial charge on any atom is -0.384 e. The Bertz CT molecular complexity index is 331. The summed E-state index contributed by atoms with van der Waals surface area (Å²) in [7, 11) is 0. The fraction of sp³-hybridized carbons (Fsp3) is 0.545. The zero-order valence-corrected chi connectivity index (χ0v) is 9.33. The number of aromatic nitrogens is 1. The van der Waals surface area contributed by atoms with E-state index in [4.69, 9.17) is 5.73 Å². The van der Waals surface area contributed by atoms with Crippen molar-refractivity contribution in [2.45, 2.75) is 19.4 Å². The first kappa shape index (κ1) is 10.2. The molecule has 0 spiro atoms. The van der Waals surface area contributed by atoms with Crippen LogP contribution < -0.4 is 16.0 Å². The lowest BCUT2D eigenvalue weighted by molar-refractivity contribution is 0.353. The van der Waals surface area contributed by atoms with Crippen LogP contribution in [0.2, 0.25) is 0 Å². The molecule has 1 aromatic heterocycles. The molecule has 1 aromatic rings. The van der Waals surface area contributed by atoms with Gasteiger partial charge in [-0.05, 0) is 26.0 Å². The molecule has 2 rings (SSSR count). The predicted molar refractivity (Wildman–Crippen MR) is 62.9 cm³/mol. The van der Waals surface area contributed by atoms with Crippen molar-refractivity contribution in [2.75, 3.05) is 30.3 Å². The van der Waals surface area contributed by atoms with E-state index in [2.05, 4.69) is 29.0 Å². The van der Waals surface area contributed by atoms with Gasteiger partial charge in [-0.3, -0.25) is 0 Å². The van der Waals surface area contributed by atoms with Crippen LogP contribution >= 0.6 is 0 Å². The number of nitrogens with zero attached hydrogens (tertiary/aromatic N) is 2. The molecule has 0 atom stereocenters. The fourth-order valence-electron chi connectivity index (χ4n) is 1.95. The van der Waals surface area contributed by atoms with Gasteiger partial charge in [0.1, 0.15) is 5.82 Å². The normalized spacial score (nSPS) is 20.3. The van der Waals surface area contributed by atoms with E-state index in [9.17, 15) is 0 Å². The maximum Gasteiger partial charge on any atom is 0.123 e. The van der Waals surface area contributed by atoms with Crippen molar-refractivity contribution in [2.24, 2.45) is 0 Å². The van der Waals surface area contributed by atoms with Crippen LogP contribution in [0.1, 0.15) is 13.8 Å². The summed E-state index contributed by atoms with van der Waals surface area (Å²) in [5.74, 6) is 0.577. The lowest BCUT2D eigenvalue weighted by Gasteiger charge is -2.40. The predicted octanol–water partition coefficient (Wildman–Crippen LogP) is 0.852. The van der Waals surface area contributed by atoms with Gasteiger partial charge in [-0.2, -0.15) is 0 Å². The van der Waals surface area contributed by atoms with Gasteiger partial charge in [0.05, 0.1) is 11.9 Å². The van der Waals surface area contributed by atoms with Gasteiger partial charge in [0.25, 0.3) is 0 Å². The number of hydrogen-bond acceptors (Lipinski definition) is 4. The van der Waals surface area contributed by atoms with Crippen LogP contribution in [0.15, 0.2) is 18.3 Å². The van der Waals surface area contributed by atoms with E-state index < -0.39 is 0 Å². The summed E-state index contributed by atoms with van der Waals surface area (Å²) in [6.07, 6.45) is 1.84. The van der Waals surface area contributed by atoms with Crippen molar-refractivity contribution in [1.29, 1.82) is 0 Å². The molecule has 82 valence electrons. The van der Waals surface area contributed by atoms with Gasteiger partial charge >= 0.3 is 0 Å². The number of pyridine rings is 1. The molecule has 2 heterocycles. The summed E-state index contributed by atoms with van der Waals surface area (Å²) < 4.78 is 0. The van der Waals surface area contributed by atoms with Gasteiger partial charge in [0.15, 0.2) is 0 Å². The summed E-state index contributed by atoms with van der Waals surface area (Å²) in [6, 6.07) is 3.88. The first-order valence-electron chi connectivity index (χ1n) is 5.28. The lowest BCUT2D eigenvalue weighted by Crippen LogP contribution is -2.57. The maximum atomic E-state index is 5.57. The van der Waals surface area contributed by atoms with Gasteiger partial charge in [-0.15, -0.1) is 0 Å². The van der Waals surface area contributed by atoms with Crippen LogP contribution in [0.25, 0.3) is 0 Å². The van der Waals surface area contributed by atoms with Crippen LogP contribution in [0, 0.1) is 0 Å². The van der Waals surface area contributed by atoms with E-state index in [0.717, 1.165) is 25.3 Å². The summed E-state index contributed by atoms with van der Waals surface area (Å²) in [4.78, 5) is 6.45. The minimum absolute atomic E-state index is 0.166. The van der Waals surface area contributed by atoms with Gasteiger partial charge in [0.2, 0.25) is 0 Å². The number of nitrogens with one attached hydrogen (secondary N) is 1. The van der Waals surface area contributed by atoms with Crippen molar-refractivity contribution >= 4 is 11.5 Å². The third-order valence-electron chi connectivity index (χ3n) is 2.71.